The third kappa shape index (κ3) is 9.17. The van der Waals surface area contributed by atoms with Crippen LogP contribution < -0.4 is 0 Å². The van der Waals surface area contributed by atoms with Crippen molar-refractivity contribution in [2.24, 2.45) is 11.3 Å². The van der Waals surface area contributed by atoms with Crippen LogP contribution in [0.15, 0.2) is 0 Å². The summed E-state index contributed by atoms with van der Waals surface area (Å²) in [5.41, 5.74) is 0.211. The molecule has 2 unspecified atom stereocenters. The SMILES string of the molecule is CC(C)(C)COC1CCCC1O.CC(C)C. The van der Waals surface area contributed by atoms with Gasteiger partial charge in [-0.2, -0.15) is 0 Å². The molecule has 0 heterocycles. The van der Waals surface area contributed by atoms with Crippen LogP contribution >= 0.6 is 0 Å². The molecule has 0 bridgehead atoms. The molecule has 0 aromatic heterocycles. The minimum Gasteiger partial charge on any atom is -0.390 e. The zero-order chi connectivity index (χ0) is 12.8. The number of aliphatic hydroxyl groups excluding tert-OH is 1. The number of hydrogen-bond donors (Lipinski definition) is 1. The highest BCUT2D eigenvalue weighted by Crippen LogP contribution is 2.24. The number of ether oxygens (including phenoxy) is 1. The molecular weight excluding hydrogens is 200 g/mol. The lowest BCUT2D eigenvalue weighted by molar-refractivity contribution is -0.0442. The van der Waals surface area contributed by atoms with Gasteiger partial charge < -0.3 is 9.84 Å². The van der Waals surface area contributed by atoms with Crippen LogP contribution in [0.25, 0.3) is 0 Å². The predicted octanol–water partition coefficient (Wildman–Crippen LogP) is 3.62. The lowest BCUT2D eigenvalue weighted by atomic mass is 9.98. The third-order valence-electron chi connectivity index (χ3n) is 2.15. The van der Waals surface area contributed by atoms with E-state index < -0.39 is 0 Å². The molecule has 1 aliphatic carbocycles. The molecule has 1 N–H and O–H groups in total. The second kappa shape index (κ2) is 7.29. The Labute approximate surface area is 101 Å². The standard InChI is InChI=1S/C10H20O2.C4H10/c1-10(2,3)7-12-9-6-4-5-8(9)11;1-4(2)3/h8-9,11H,4-7H2,1-3H3;4H,1-3H3. The van der Waals surface area contributed by atoms with Gasteiger partial charge in [0.15, 0.2) is 0 Å². The Morgan fingerprint density at radius 2 is 1.69 bits per heavy atom. The summed E-state index contributed by atoms with van der Waals surface area (Å²) in [5, 5.41) is 9.46. The van der Waals surface area contributed by atoms with Crippen molar-refractivity contribution in [1.29, 1.82) is 0 Å². The molecule has 0 aromatic rings. The minimum absolute atomic E-state index is 0.101. The van der Waals surface area contributed by atoms with E-state index in [1.807, 2.05) is 0 Å². The molecule has 1 aliphatic rings. The molecule has 0 aromatic carbocycles. The Kier molecular flexibility index (Phi) is 7.25. The zero-order valence-corrected chi connectivity index (χ0v) is 11.9. The summed E-state index contributed by atoms with van der Waals surface area (Å²) < 4.78 is 5.63. The molecule has 0 aliphatic heterocycles. The molecule has 2 heteroatoms. The summed E-state index contributed by atoms with van der Waals surface area (Å²) in [7, 11) is 0. The van der Waals surface area contributed by atoms with Gasteiger partial charge in [0.05, 0.1) is 18.8 Å². The van der Waals surface area contributed by atoms with E-state index >= 15 is 0 Å². The van der Waals surface area contributed by atoms with Crippen molar-refractivity contribution in [2.45, 2.75) is 73.0 Å². The van der Waals surface area contributed by atoms with E-state index in [1.54, 1.807) is 0 Å². The number of rotatable bonds is 2. The molecule has 0 amide bonds. The molecule has 2 atom stereocenters. The summed E-state index contributed by atoms with van der Waals surface area (Å²) in [6.07, 6.45) is 2.93. The van der Waals surface area contributed by atoms with Crippen LogP contribution in [0.1, 0.15) is 60.8 Å². The molecule has 2 nitrogen and oxygen atoms in total. The van der Waals surface area contributed by atoms with Crippen molar-refractivity contribution in [1.82, 2.24) is 0 Å². The summed E-state index contributed by atoms with van der Waals surface area (Å²) in [5.74, 6) is 0.833. The summed E-state index contributed by atoms with van der Waals surface area (Å²) in [6, 6.07) is 0. The topological polar surface area (TPSA) is 29.5 Å². The molecule has 0 saturated heterocycles. The van der Waals surface area contributed by atoms with Crippen LogP contribution in [0.3, 0.4) is 0 Å². The van der Waals surface area contributed by atoms with Crippen molar-refractivity contribution < 1.29 is 9.84 Å². The summed E-state index contributed by atoms with van der Waals surface area (Å²) in [4.78, 5) is 0. The van der Waals surface area contributed by atoms with Crippen molar-refractivity contribution in [2.75, 3.05) is 6.61 Å². The average Bonchev–Trinajstić information content (AvgIpc) is 2.45. The van der Waals surface area contributed by atoms with Crippen LogP contribution in [0.2, 0.25) is 0 Å². The van der Waals surface area contributed by atoms with Crippen LogP contribution in [0.4, 0.5) is 0 Å². The fourth-order valence-electron chi connectivity index (χ4n) is 1.46. The maximum absolute atomic E-state index is 9.46. The maximum atomic E-state index is 9.46. The van der Waals surface area contributed by atoms with Crippen LogP contribution in [-0.4, -0.2) is 23.9 Å². The van der Waals surface area contributed by atoms with E-state index in [2.05, 4.69) is 41.5 Å². The van der Waals surface area contributed by atoms with E-state index in [0.717, 1.165) is 31.8 Å². The smallest absolute Gasteiger partial charge is 0.0834 e. The fraction of sp³-hybridized carbons (Fsp3) is 1.00. The van der Waals surface area contributed by atoms with E-state index in [0.29, 0.717) is 0 Å². The van der Waals surface area contributed by atoms with Crippen molar-refractivity contribution in [3.63, 3.8) is 0 Å². The predicted molar refractivity (Wildman–Crippen MR) is 69.6 cm³/mol. The van der Waals surface area contributed by atoms with Gasteiger partial charge in [-0.05, 0) is 30.6 Å². The Bertz CT molecular complexity index is 167. The van der Waals surface area contributed by atoms with Gasteiger partial charge in [-0.3, -0.25) is 0 Å². The van der Waals surface area contributed by atoms with Crippen molar-refractivity contribution in [3.05, 3.63) is 0 Å². The van der Waals surface area contributed by atoms with Crippen molar-refractivity contribution >= 4 is 0 Å². The Balaban J connectivity index is 0.000000487. The van der Waals surface area contributed by atoms with Crippen LogP contribution in [0, 0.1) is 11.3 Å². The first kappa shape index (κ1) is 15.9. The molecule has 1 rings (SSSR count). The van der Waals surface area contributed by atoms with E-state index in [9.17, 15) is 5.11 Å². The van der Waals surface area contributed by atoms with E-state index in [1.165, 1.54) is 0 Å². The van der Waals surface area contributed by atoms with Crippen LogP contribution in [0.5, 0.6) is 0 Å². The van der Waals surface area contributed by atoms with E-state index in [-0.39, 0.29) is 17.6 Å². The second-order valence-corrected chi connectivity index (χ2v) is 6.64. The Morgan fingerprint density at radius 3 is 2.00 bits per heavy atom. The van der Waals surface area contributed by atoms with Gasteiger partial charge in [0.2, 0.25) is 0 Å². The molecule has 1 fully saturated rings. The minimum atomic E-state index is -0.215. The Hall–Kier alpha value is -0.0800. The monoisotopic (exact) mass is 230 g/mol. The van der Waals surface area contributed by atoms with Crippen LogP contribution in [-0.2, 0) is 4.74 Å². The number of hydrogen-bond acceptors (Lipinski definition) is 2. The zero-order valence-electron chi connectivity index (χ0n) is 11.9. The molecule has 16 heavy (non-hydrogen) atoms. The highest BCUT2D eigenvalue weighted by Gasteiger charge is 2.27. The van der Waals surface area contributed by atoms with Gasteiger partial charge in [0.25, 0.3) is 0 Å². The summed E-state index contributed by atoms with van der Waals surface area (Å²) in [6.45, 7) is 13.7. The summed E-state index contributed by atoms with van der Waals surface area (Å²) >= 11 is 0. The second-order valence-electron chi connectivity index (χ2n) is 6.64. The first-order valence-corrected chi connectivity index (χ1v) is 6.52. The van der Waals surface area contributed by atoms with Gasteiger partial charge in [0, 0.05) is 0 Å². The van der Waals surface area contributed by atoms with Gasteiger partial charge >= 0.3 is 0 Å². The molecule has 0 radical (unpaired) electrons. The highest BCUT2D eigenvalue weighted by molar-refractivity contribution is 4.77. The molecular formula is C14H30O2. The Morgan fingerprint density at radius 1 is 1.19 bits per heavy atom. The quantitative estimate of drug-likeness (QED) is 0.785. The van der Waals surface area contributed by atoms with Gasteiger partial charge in [0.1, 0.15) is 0 Å². The lowest BCUT2D eigenvalue weighted by Crippen LogP contribution is -2.27. The first-order chi connectivity index (χ1) is 7.22. The largest absolute Gasteiger partial charge is 0.390 e. The van der Waals surface area contributed by atoms with Gasteiger partial charge in [-0.1, -0.05) is 41.5 Å². The first-order valence-electron chi connectivity index (χ1n) is 6.52. The maximum Gasteiger partial charge on any atom is 0.0834 e. The number of aliphatic hydroxyl groups is 1. The van der Waals surface area contributed by atoms with Crippen molar-refractivity contribution in [3.8, 4) is 0 Å². The molecule has 1 saturated carbocycles. The molecule has 0 spiro atoms. The van der Waals surface area contributed by atoms with Gasteiger partial charge in [-0.25, -0.2) is 0 Å². The highest BCUT2D eigenvalue weighted by atomic mass is 16.5. The van der Waals surface area contributed by atoms with E-state index in [4.69, 9.17) is 4.74 Å². The molecule has 98 valence electrons. The normalized spacial score (nSPS) is 25.5. The fourth-order valence-corrected chi connectivity index (χ4v) is 1.46. The average molecular weight is 230 g/mol. The van der Waals surface area contributed by atoms with Gasteiger partial charge in [-0.15, -0.1) is 0 Å². The third-order valence-corrected chi connectivity index (χ3v) is 2.15. The lowest BCUT2D eigenvalue weighted by Gasteiger charge is -2.23.